The molecule has 4 rings (SSSR count). The number of oxazole rings is 1. The minimum absolute atomic E-state index is 0.0681. The van der Waals surface area contributed by atoms with E-state index >= 15 is 0 Å². The van der Waals surface area contributed by atoms with Crippen LogP contribution in [0.1, 0.15) is 46.3 Å². The second kappa shape index (κ2) is 13.9. The number of carboxylic acid groups (broad SMARTS) is 1. The number of alkyl halides is 3. The lowest BCUT2D eigenvalue weighted by Gasteiger charge is -2.18. The molecule has 1 atom stereocenters. The van der Waals surface area contributed by atoms with Gasteiger partial charge in [-0.2, -0.15) is 13.2 Å². The van der Waals surface area contributed by atoms with Gasteiger partial charge in [0.25, 0.3) is 0 Å². The molecule has 43 heavy (non-hydrogen) atoms. The van der Waals surface area contributed by atoms with E-state index in [-0.39, 0.29) is 12.0 Å². The number of rotatable bonds is 13. The molecule has 0 fully saturated rings. The summed E-state index contributed by atoms with van der Waals surface area (Å²) in [5, 5.41) is 12.7. The summed E-state index contributed by atoms with van der Waals surface area (Å²) in [6.07, 6.45) is -2.29. The monoisotopic (exact) mass is 592 g/mol. The molecular weight excluding hydrogens is 561 g/mol. The summed E-state index contributed by atoms with van der Waals surface area (Å²) in [4.78, 5) is 29.2. The molecule has 1 aromatic heterocycles. The number of nitrogens with zero attached hydrogens (tertiary/aromatic N) is 1. The SMILES string of the molecule is CC/C(=C/C(=O)c1ccc(C(F)(F)F)cc1)NC(Cc1ccc(OCCc2nc(-c3ccccc3)oc2C)cc1)C(=O)O. The predicted molar refractivity (Wildman–Crippen MR) is 155 cm³/mol. The normalized spacial score (nSPS) is 12.5. The highest BCUT2D eigenvalue weighted by atomic mass is 19.4. The largest absolute Gasteiger partial charge is 0.493 e. The zero-order valence-electron chi connectivity index (χ0n) is 23.6. The van der Waals surface area contributed by atoms with E-state index in [9.17, 15) is 27.9 Å². The van der Waals surface area contributed by atoms with Crippen molar-refractivity contribution in [3.8, 4) is 17.2 Å². The van der Waals surface area contributed by atoms with Crippen molar-refractivity contribution in [2.45, 2.75) is 45.3 Å². The Labute approximate surface area is 247 Å². The summed E-state index contributed by atoms with van der Waals surface area (Å²) in [5.41, 5.74) is 2.01. The number of hydrogen-bond donors (Lipinski definition) is 2. The fourth-order valence-electron chi connectivity index (χ4n) is 4.32. The molecule has 0 bridgehead atoms. The van der Waals surface area contributed by atoms with Crippen LogP contribution in [0.5, 0.6) is 5.75 Å². The van der Waals surface area contributed by atoms with Crippen LogP contribution in [0.15, 0.2) is 95.1 Å². The summed E-state index contributed by atoms with van der Waals surface area (Å²) in [6, 6.07) is 19.5. The Bertz CT molecular complexity index is 1560. The molecule has 2 N–H and O–H groups in total. The topological polar surface area (TPSA) is 102 Å². The highest BCUT2D eigenvalue weighted by molar-refractivity contribution is 6.04. The summed E-state index contributed by atoms with van der Waals surface area (Å²) in [5.74, 6) is 0.264. The highest BCUT2D eigenvalue weighted by Crippen LogP contribution is 2.29. The van der Waals surface area contributed by atoms with Crippen LogP contribution in [0.4, 0.5) is 13.2 Å². The van der Waals surface area contributed by atoms with Crippen molar-refractivity contribution in [1.82, 2.24) is 10.3 Å². The Kier molecular flexibility index (Phi) is 10.0. The first-order valence-corrected chi connectivity index (χ1v) is 13.7. The number of hydrogen-bond acceptors (Lipinski definition) is 6. The molecule has 224 valence electrons. The van der Waals surface area contributed by atoms with E-state index in [2.05, 4.69) is 10.3 Å². The predicted octanol–water partition coefficient (Wildman–Crippen LogP) is 7.05. The third-order valence-corrected chi connectivity index (χ3v) is 6.72. The molecule has 1 unspecified atom stereocenters. The molecule has 0 spiro atoms. The third-order valence-electron chi connectivity index (χ3n) is 6.72. The molecule has 0 saturated carbocycles. The van der Waals surface area contributed by atoms with Crippen molar-refractivity contribution in [2.75, 3.05) is 6.61 Å². The number of benzene rings is 3. The minimum Gasteiger partial charge on any atom is -0.493 e. The number of allylic oxidation sites excluding steroid dienone is 2. The van der Waals surface area contributed by atoms with Gasteiger partial charge in [-0.3, -0.25) is 4.79 Å². The number of carboxylic acids is 1. The van der Waals surface area contributed by atoms with Crippen LogP contribution in [0, 0.1) is 6.92 Å². The van der Waals surface area contributed by atoms with E-state index in [0.717, 1.165) is 46.8 Å². The number of aliphatic carboxylic acids is 1. The number of nitrogens with one attached hydrogen (secondary N) is 1. The average molecular weight is 593 g/mol. The maximum atomic E-state index is 12.8. The minimum atomic E-state index is -4.50. The van der Waals surface area contributed by atoms with Crippen LogP contribution in [0.25, 0.3) is 11.5 Å². The molecule has 10 heteroatoms. The maximum Gasteiger partial charge on any atom is 0.416 e. The van der Waals surface area contributed by atoms with Crippen molar-refractivity contribution in [1.29, 1.82) is 0 Å². The molecule has 0 saturated heterocycles. The molecule has 0 aliphatic rings. The van der Waals surface area contributed by atoms with E-state index in [0.29, 0.717) is 36.8 Å². The Morgan fingerprint density at radius 1 is 1.02 bits per heavy atom. The number of carbonyl (C=O) groups excluding carboxylic acids is 1. The number of ether oxygens (including phenoxy) is 1. The molecule has 3 aromatic carbocycles. The molecule has 0 amide bonds. The number of halogens is 3. The summed E-state index contributed by atoms with van der Waals surface area (Å²) < 4.78 is 50.1. The molecule has 0 aliphatic heterocycles. The van der Waals surface area contributed by atoms with E-state index in [1.54, 1.807) is 31.2 Å². The lowest BCUT2D eigenvalue weighted by molar-refractivity contribution is -0.139. The van der Waals surface area contributed by atoms with Crippen LogP contribution in [0.3, 0.4) is 0 Å². The van der Waals surface area contributed by atoms with Gasteiger partial charge < -0.3 is 19.6 Å². The van der Waals surface area contributed by atoms with Gasteiger partial charge in [-0.15, -0.1) is 0 Å². The van der Waals surface area contributed by atoms with Gasteiger partial charge in [0, 0.05) is 35.7 Å². The quantitative estimate of drug-likeness (QED) is 0.127. The van der Waals surface area contributed by atoms with Crippen molar-refractivity contribution in [3.05, 3.63) is 119 Å². The lowest BCUT2D eigenvalue weighted by atomic mass is 10.0. The Hall–Kier alpha value is -4.86. The molecular formula is C33H31F3N2O5. The van der Waals surface area contributed by atoms with Gasteiger partial charge >= 0.3 is 12.1 Å². The average Bonchev–Trinajstić information content (AvgIpc) is 3.37. The first-order valence-electron chi connectivity index (χ1n) is 13.7. The smallest absolute Gasteiger partial charge is 0.416 e. The van der Waals surface area contributed by atoms with Crippen LogP contribution >= 0.6 is 0 Å². The van der Waals surface area contributed by atoms with Gasteiger partial charge in [0.2, 0.25) is 5.89 Å². The number of aryl methyl sites for hydroxylation is 1. The van der Waals surface area contributed by atoms with Crippen molar-refractivity contribution < 1.29 is 37.0 Å². The van der Waals surface area contributed by atoms with Crippen LogP contribution in [-0.2, 0) is 23.8 Å². The number of carbonyl (C=O) groups is 2. The first kappa shape index (κ1) is 31.1. The van der Waals surface area contributed by atoms with E-state index < -0.39 is 29.5 Å². The molecule has 7 nitrogen and oxygen atoms in total. The standard InChI is InChI=1S/C33H31F3N2O5/c1-3-26(20-30(39)23-11-13-25(14-12-23)33(34,35)36)37-29(32(40)41)19-22-9-15-27(16-10-22)42-18-17-28-21(2)43-31(38-28)24-7-5-4-6-8-24/h4-16,20,29,37H,3,17-19H2,1-2H3,(H,40,41)/b26-20-. The summed E-state index contributed by atoms with van der Waals surface area (Å²) >= 11 is 0. The molecule has 0 aliphatic carbocycles. The maximum absolute atomic E-state index is 12.8. The molecule has 4 aromatic rings. The van der Waals surface area contributed by atoms with Gasteiger partial charge in [0.1, 0.15) is 17.6 Å². The zero-order chi connectivity index (χ0) is 31.0. The second-order valence-electron chi connectivity index (χ2n) is 9.83. The fourth-order valence-corrected chi connectivity index (χ4v) is 4.32. The van der Waals surface area contributed by atoms with Gasteiger partial charge in [-0.05, 0) is 55.3 Å². The summed E-state index contributed by atoms with van der Waals surface area (Å²) in [6.45, 7) is 3.98. The van der Waals surface area contributed by atoms with Crippen LogP contribution in [-0.4, -0.2) is 34.5 Å². The van der Waals surface area contributed by atoms with Gasteiger partial charge in [0.05, 0.1) is 17.9 Å². The second-order valence-corrected chi connectivity index (χ2v) is 9.83. The zero-order valence-corrected chi connectivity index (χ0v) is 23.6. The Balaban J connectivity index is 1.32. The number of aromatic nitrogens is 1. The van der Waals surface area contributed by atoms with Gasteiger partial charge in [-0.25, -0.2) is 9.78 Å². The molecule has 1 heterocycles. The highest BCUT2D eigenvalue weighted by Gasteiger charge is 2.30. The van der Waals surface area contributed by atoms with E-state index in [4.69, 9.17) is 9.15 Å². The van der Waals surface area contributed by atoms with E-state index in [1.807, 2.05) is 37.3 Å². The lowest BCUT2D eigenvalue weighted by Crippen LogP contribution is -2.38. The van der Waals surface area contributed by atoms with Crippen LogP contribution < -0.4 is 10.1 Å². The van der Waals surface area contributed by atoms with Crippen molar-refractivity contribution in [3.63, 3.8) is 0 Å². The van der Waals surface area contributed by atoms with E-state index in [1.165, 1.54) is 6.08 Å². The Morgan fingerprint density at radius 3 is 2.30 bits per heavy atom. The van der Waals surface area contributed by atoms with Crippen molar-refractivity contribution in [2.24, 2.45) is 0 Å². The van der Waals surface area contributed by atoms with Crippen molar-refractivity contribution >= 4 is 11.8 Å². The van der Waals surface area contributed by atoms with Crippen LogP contribution in [0.2, 0.25) is 0 Å². The third kappa shape index (κ3) is 8.57. The van der Waals surface area contributed by atoms with Gasteiger partial charge in [0.15, 0.2) is 5.78 Å². The Morgan fingerprint density at radius 2 is 1.70 bits per heavy atom. The fraction of sp³-hybridized carbons (Fsp3) is 0.242. The number of ketones is 1. The van der Waals surface area contributed by atoms with Gasteiger partial charge in [-0.1, -0.05) is 49.4 Å². The molecule has 0 radical (unpaired) electrons. The summed E-state index contributed by atoms with van der Waals surface area (Å²) in [7, 11) is 0. The first-order chi connectivity index (χ1) is 20.5.